The monoisotopic (exact) mass is 357 g/mol. The second-order valence-electron chi connectivity index (χ2n) is 6.28. The third-order valence-electron chi connectivity index (χ3n) is 4.30. The first-order valence-corrected chi connectivity index (χ1v) is 9.13. The van der Waals surface area contributed by atoms with Crippen molar-refractivity contribution in [1.29, 1.82) is 0 Å². The van der Waals surface area contributed by atoms with Crippen molar-refractivity contribution in [2.75, 3.05) is 38.9 Å². The first-order valence-electron chi connectivity index (χ1n) is 9.13. The number of hydrogen-bond donors (Lipinski definition) is 1. The summed E-state index contributed by atoms with van der Waals surface area (Å²) < 4.78 is 22.2. The Bertz CT molecular complexity index is 653. The molecule has 5 heteroatoms. The van der Waals surface area contributed by atoms with Crippen LogP contribution in [0.3, 0.4) is 0 Å². The Morgan fingerprint density at radius 3 is 2.65 bits per heavy atom. The molecular weight excluding hydrogens is 330 g/mol. The molecule has 3 rings (SSSR count). The van der Waals surface area contributed by atoms with Gasteiger partial charge in [-0.1, -0.05) is 24.3 Å². The fourth-order valence-corrected chi connectivity index (χ4v) is 2.84. The highest BCUT2D eigenvalue weighted by atomic mass is 16.5. The quantitative estimate of drug-likeness (QED) is 0.654. The molecule has 0 radical (unpaired) electrons. The fourth-order valence-electron chi connectivity index (χ4n) is 2.84. The van der Waals surface area contributed by atoms with Crippen LogP contribution in [0.4, 0.5) is 5.69 Å². The molecule has 5 nitrogen and oxygen atoms in total. The van der Waals surface area contributed by atoms with Gasteiger partial charge in [-0.25, -0.2) is 0 Å². The lowest BCUT2D eigenvalue weighted by Gasteiger charge is -2.16. The Hall–Kier alpha value is -2.24. The molecule has 1 saturated heterocycles. The van der Waals surface area contributed by atoms with Crippen molar-refractivity contribution in [3.05, 3.63) is 54.1 Å². The van der Waals surface area contributed by atoms with Crippen molar-refractivity contribution in [1.82, 2.24) is 0 Å². The molecule has 1 aliphatic heterocycles. The minimum atomic E-state index is 0.216. The van der Waals surface area contributed by atoms with E-state index in [1.807, 2.05) is 36.4 Å². The summed E-state index contributed by atoms with van der Waals surface area (Å²) in [7, 11) is 1.67. The molecule has 2 aromatic carbocycles. The largest absolute Gasteiger partial charge is 0.491 e. The van der Waals surface area contributed by atoms with Crippen LogP contribution in [-0.4, -0.2) is 39.6 Å². The van der Waals surface area contributed by atoms with E-state index in [0.29, 0.717) is 19.8 Å². The van der Waals surface area contributed by atoms with Crippen molar-refractivity contribution < 1.29 is 18.9 Å². The van der Waals surface area contributed by atoms with Gasteiger partial charge in [-0.05, 0) is 42.7 Å². The lowest BCUT2D eigenvalue weighted by Crippen LogP contribution is -2.16. The molecule has 0 saturated carbocycles. The van der Waals surface area contributed by atoms with Crippen LogP contribution in [0.2, 0.25) is 0 Å². The van der Waals surface area contributed by atoms with Crippen LogP contribution in [0.25, 0.3) is 0 Å². The van der Waals surface area contributed by atoms with E-state index in [1.165, 1.54) is 5.56 Å². The van der Waals surface area contributed by atoms with Gasteiger partial charge in [0.05, 0.1) is 18.4 Å². The molecule has 0 spiro atoms. The maximum atomic E-state index is 5.96. The highest BCUT2D eigenvalue weighted by Gasteiger charge is 2.16. The molecule has 1 atom stereocenters. The number of ether oxygens (including phenoxy) is 4. The molecule has 1 N–H and O–H groups in total. The van der Waals surface area contributed by atoms with Gasteiger partial charge in [-0.15, -0.1) is 0 Å². The number of anilines is 1. The predicted octanol–water partition coefficient (Wildman–Crippen LogP) is 3.88. The Morgan fingerprint density at radius 1 is 1.04 bits per heavy atom. The molecule has 2 aromatic rings. The van der Waals surface area contributed by atoms with Crippen molar-refractivity contribution in [2.45, 2.75) is 25.5 Å². The minimum absolute atomic E-state index is 0.216. The Kier molecular flexibility index (Phi) is 7.16. The number of nitrogens with one attached hydrogen (secondary N) is 1. The molecule has 1 aliphatic rings. The van der Waals surface area contributed by atoms with E-state index in [2.05, 4.69) is 17.4 Å². The number of methoxy groups -OCH3 is 1. The van der Waals surface area contributed by atoms with Crippen LogP contribution in [-0.2, 0) is 16.0 Å². The van der Waals surface area contributed by atoms with Crippen LogP contribution in [0.5, 0.6) is 11.5 Å². The van der Waals surface area contributed by atoms with Gasteiger partial charge in [0.2, 0.25) is 0 Å². The lowest BCUT2D eigenvalue weighted by molar-refractivity contribution is 0.0682. The van der Waals surface area contributed by atoms with Crippen molar-refractivity contribution in [2.24, 2.45) is 0 Å². The predicted molar refractivity (Wildman–Crippen MR) is 102 cm³/mol. The maximum absolute atomic E-state index is 5.96. The van der Waals surface area contributed by atoms with Gasteiger partial charge in [-0.2, -0.15) is 0 Å². The molecule has 140 valence electrons. The van der Waals surface area contributed by atoms with E-state index < -0.39 is 0 Å². The zero-order chi connectivity index (χ0) is 18.0. The average molecular weight is 357 g/mol. The topological polar surface area (TPSA) is 49.0 Å². The van der Waals surface area contributed by atoms with E-state index in [-0.39, 0.29) is 6.10 Å². The van der Waals surface area contributed by atoms with Gasteiger partial charge in [0.1, 0.15) is 24.7 Å². The number of hydrogen-bond acceptors (Lipinski definition) is 5. The van der Waals surface area contributed by atoms with E-state index in [1.54, 1.807) is 7.11 Å². The fraction of sp³-hybridized carbons (Fsp3) is 0.429. The van der Waals surface area contributed by atoms with Gasteiger partial charge in [0.25, 0.3) is 0 Å². The number of rotatable bonds is 10. The normalized spacial score (nSPS) is 16.4. The summed E-state index contributed by atoms with van der Waals surface area (Å²) in [6, 6.07) is 16.1. The zero-order valence-corrected chi connectivity index (χ0v) is 15.3. The molecule has 1 fully saturated rings. The summed E-state index contributed by atoms with van der Waals surface area (Å²) in [5.41, 5.74) is 2.17. The van der Waals surface area contributed by atoms with Crippen molar-refractivity contribution in [3.63, 3.8) is 0 Å². The summed E-state index contributed by atoms with van der Waals surface area (Å²) in [4.78, 5) is 0. The maximum Gasteiger partial charge on any atom is 0.142 e. The molecular formula is C21H27NO4. The third-order valence-corrected chi connectivity index (χ3v) is 4.30. The van der Waals surface area contributed by atoms with E-state index in [0.717, 1.165) is 43.2 Å². The highest BCUT2D eigenvalue weighted by molar-refractivity contribution is 5.56. The summed E-state index contributed by atoms with van der Waals surface area (Å²) >= 11 is 0. The third kappa shape index (κ3) is 5.64. The zero-order valence-electron chi connectivity index (χ0n) is 15.3. The summed E-state index contributed by atoms with van der Waals surface area (Å²) in [5, 5.41) is 3.45. The second kappa shape index (κ2) is 10.0. The second-order valence-corrected chi connectivity index (χ2v) is 6.28. The lowest BCUT2D eigenvalue weighted by atomic mass is 10.2. The smallest absolute Gasteiger partial charge is 0.142 e. The van der Waals surface area contributed by atoms with Crippen LogP contribution < -0.4 is 14.8 Å². The van der Waals surface area contributed by atoms with E-state index in [9.17, 15) is 0 Å². The van der Waals surface area contributed by atoms with E-state index >= 15 is 0 Å². The molecule has 1 unspecified atom stereocenters. The molecule has 0 aliphatic carbocycles. The van der Waals surface area contributed by atoms with Crippen LogP contribution in [0.15, 0.2) is 48.5 Å². The van der Waals surface area contributed by atoms with Crippen LogP contribution in [0, 0.1) is 0 Å². The van der Waals surface area contributed by atoms with Crippen molar-refractivity contribution >= 4 is 5.69 Å². The first-order chi connectivity index (χ1) is 12.8. The van der Waals surface area contributed by atoms with Gasteiger partial charge >= 0.3 is 0 Å². The minimum Gasteiger partial charge on any atom is -0.491 e. The van der Waals surface area contributed by atoms with Gasteiger partial charge in [0, 0.05) is 20.3 Å². The van der Waals surface area contributed by atoms with Crippen LogP contribution in [0.1, 0.15) is 18.4 Å². The Balaban J connectivity index is 1.50. The molecule has 26 heavy (non-hydrogen) atoms. The van der Waals surface area contributed by atoms with Gasteiger partial charge in [-0.3, -0.25) is 0 Å². The van der Waals surface area contributed by atoms with Crippen LogP contribution >= 0.6 is 0 Å². The average Bonchev–Trinajstić information content (AvgIpc) is 3.20. The molecule has 0 aromatic heterocycles. The number of para-hydroxylation sites is 2. The summed E-state index contributed by atoms with van der Waals surface area (Å²) in [5.74, 6) is 1.72. The molecule has 0 amide bonds. The summed E-state index contributed by atoms with van der Waals surface area (Å²) in [6.45, 7) is 3.32. The standard InChI is InChI=1S/C21H27NO4/c1-23-13-14-25-18-10-8-17(9-11-18)15-22-20-6-2-3-7-21(20)26-16-19-5-4-12-24-19/h2-3,6-11,19,22H,4-5,12-16H2,1H3. The van der Waals surface area contributed by atoms with Gasteiger partial charge in [0.15, 0.2) is 0 Å². The highest BCUT2D eigenvalue weighted by Crippen LogP contribution is 2.26. The Labute approximate surface area is 155 Å². The Morgan fingerprint density at radius 2 is 1.88 bits per heavy atom. The van der Waals surface area contributed by atoms with E-state index in [4.69, 9.17) is 18.9 Å². The van der Waals surface area contributed by atoms with Crippen molar-refractivity contribution in [3.8, 4) is 11.5 Å². The first kappa shape index (κ1) is 18.5. The molecule has 0 bridgehead atoms. The summed E-state index contributed by atoms with van der Waals surface area (Å²) in [6.07, 6.45) is 2.42. The van der Waals surface area contributed by atoms with Gasteiger partial charge < -0.3 is 24.3 Å². The SMILES string of the molecule is COCCOc1ccc(CNc2ccccc2OCC2CCCO2)cc1. The number of benzene rings is 2. The molecule has 1 heterocycles.